The van der Waals surface area contributed by atoms with Gasteiger partial charge in [-0.1, -0.05) is 35.1 Å². The number of carbonyl (C=O) groups is 1. The minimum absolute atomic E-state index is 0.185. The molecule has 0 saturated heterocycles. The fourth-order valence-electron chi connectivity index (χ4n) is 2.41. The second kappa shape index (κ2) is 7.01. The van der Waals surface area contributed by atoms with Gasteiger partial charge in [0.2, 0.25) is 5.91 Å². The number of thioether (sulfide) groups is 1. The van der Waals surface area contributed by atoms with Crippen molar-refractivity contribution in [1.29, 1.82) is 0 Å². The Hall–Kier alpha value is -3.13. The Morgan fingerprint density at radius 3 is 2.85 bits per heavy atom. The summed E-state index contributed by atoms with van der Waals surface area (Å²) < 4.78 is 10.3. The number of carbonyl (C=O) groups excluding carboxylic acids is 1. The monoisotopic (exact) mass is 366 g/mol. The highest BCUT2D eigenvalue weighted by Gasteiger charge is 2.13. The highest BCUT2D eigenvalue weighted by molar-refractivity contribution is 8.00. The Morgan fingerprint density at radius 1 is 1.19 bits per heavy atom. The van der Waals surface area contributed by atoms with Gasteiger partial charge in [0.05, 0.1) is 17.5 Å². The van der Waals surface area contributed by atoms with Gasteiger partial charge in [0.15, 0.2) is 17.4 Å². The highest BCUT2D eigenvalue weighted by Crippen LogP contribution is 2.28. The lowest BCUT2D eigenvalue weighted by atomic mass is 10.2. The van der Waals surface area contributed by atoms with Gasteiger partial charge in [-0.05, 0) is 25.1 Å². The molecule has 4 rings (SSSR count). The molecule has 0 unspecified atom stereocenters. The molecule has 1 amide bonds. The SMILES string of the molecule is Cc1cc(NC(=O)CSc2nc(-c3ccco3)nc3ccccc23)no1. The molecule has 0 atom stereocenters. The second-order valence-corrected chi connectivity index (χ2v) is 6.47. The standard InChI is InChI=1S/C18H14N4O3S/c1-11-9-15(22-25-11)20-16(23)10-26-18-12-5-2-3-6-13(12)19-17(21-18)14-7-4-8-24-14/h2-9H,10H2,1H3,(H,20,22,23). The van der Waals surface area contributed by atoms with E-state index in [1.54, 1.807) is 31.4 Å². The van der Waals surface area contributed by atoms with Crippen molar-refractivity contribution in [3.05, 3.63) is 54.5 Å². The number of hydrogen-bond acceptors (Lipinski definition) is 7. The zero-order valence-electron chi connectivity index (χ0n) is 13.8. The molecule has 1 N–H and O–H groups in total. The third kappa shape index (κ3) is 3.45. The second-order valence-electron chi connectivity index (χ2n) is 5.51. The van der Waals surface area contributed by atoms with Crippen molar-refractivity contribution >= 4 is 34.4 Å². The number of rotatable bonds is 5. The van der Waals surface area contributed by atoms with Gasteiger partial charge in [0.1, 0.15) is 10.8 Å². The first-order valence-corrected chi connectivity index (χ1v) is 8.84. The zero-order valence-corrected chi connectivity index (χ0v) is 14.6. The summed E-state index contributed by atoms with van der Waals surface area (Å²) in [5, 5.41) is 8.05. The molecule has 0 bridgehead atoms. The molecule has 0 aliphatic heterocycles. The van der Waals surface area contributed by atoms with Crippen LogP contribution in [0.3, 0.4) is 0 Å². The quantitative estimate of drug-likeness (QED) is 0.422. The maximum absolute atomic E-state index is 12.2. The molecule has 0 fully saturated rings. The molecule has 4 aromatic rings. The van der Waals surface area contributed by atoms with Crippen LogP contribution in [0.2, 0.25) is 0 Å². The molecule has 3 aromatic heterocycles. The lowest BCUT2D eigenvalue weighted by Gasteiger charge is -2.07. The van der Waals surface area contributed by atoms with Gasteiger partial charge in [0.25, 0.3) is 0 Å². The summed E-state index contributed by atoms with van der Waals surface area (Å²) in [6, 6.07) is 12.9. The van der Waals surface area contributed by atoms with Crippen LogP contribution in [0.25, 0.3) is 22.5 Å². The number of fused-ring (bicyclic) bond motifs is 1. The van der Waals surface area contributed by atoms with Gasteiger partial charge >= 0.3 is 0 Å². The van der Waals surface area contributed by atoms with Crippen molar-refractivity contribution < 1.29 is 13.7 Å². The van der Waals surface area contributed by atoms with E-state index in [4.69, 9.17) is 8.94 Å². The fraction of sp³-hybridized carbons (Fsp3) is 0.111. The Labute approximate surface area is 152 Å². The first-order valence-electron chi connectivity index (χ1n) is 7.86. The fourth-order valence-corrected chi connectivity index (χ4v) is 3.23. The van der Waals surface area contributed by atoms with Crippen LogP contribution in [0.4, 0.5) is 5.82 Å². The Bertz CT molecular complexity index is 1060. The van der Waals surface area contributed by atoms with E-state index in [-0.39, 0.29) is 11.7 Å². The van der Waals surface area contributed by atoms with Crippen LogP contribution in [0.5, 0.6) is 0 Å². The normalized spacial score (nSPS) is 11.0. The van der Waals surface area contributed by atoms with E-state index >= 15 is 0 Å². The van der Waals surface area contributed by atoms with E-state index in [9.17, 15) is 4.79 Å². The summed E-state index contributed by atoms with van der Waals surface area (Å²) in [4.78, 5) is 21.3. The lowest BCUT2D eigenvalue weighted by molar-refractivity contribution is -0.113. The third-order valence-corrected chi connectivity index (χ3v) is 4.54. The van der Waals surface area contributed by atoms with Crippen LogP contribution in [0, 0.1) is 6.92 Å². The molecule has 0 aliphatic rings. The van der Waals surface area contributed by atoms with Gasteiger partial charge in [-0.3, -0.25) is 4.79 Å². The average molecular weight is 366 g/mol. The van der Waals surface area contributed by atoms with Crippen LogP contribution >= 0.6 is 11.8 Å². The molecule has 0 radical (unpaired) electrons. The molecular formula is C18H14N4O3S. The van der Waals surface area contributed by atoms with E-state index in [0.29, 0.717) is 28.2 Å². The predicted molar refractivity (Wildman–Crippen MR) is 97.8 cm³/mol. The van der Waals surface area contributed by atoms with Gasteiger partial charge < -0.3 is 14.3 Å². The molecule has 0 saturated carbocycles. The minimum atomic E-state index is -0.189. The summed E-state index contributed by atoms with van der Waals surface area (Å²) in [5.74, 6) is 2.11. The summed E-state index contributed by atoms with van der Waals surface area (Å²) in [6.45, 7) is 1.76. The summed E-state index contributed by atoms with van der Waals surface area (Å²) in [7, 11) is 0. The van der Waals surface area contributed by atoms with E-state index < -0.39 is 0 Å². The molecule has 26 heavy (non-hydrogen) atoms. The van der Waals surface area contributed by atoms with Gasteiger partial charge in [-0.25, -0.2) is 9.97 Å². The highest BCUT2D eigenvalue weighted by atomic mass is 32.2. The number of nitrogens with one attached hydrogen (secondary N) is 1. The molecule has 0 aliphatic carbocycles. The van der Waals surface area contributed by atoms with Gasteiger partial charge in [0, 0.05) is 11.5 Å². The van der Waals surface area contributed by atoms with E-state index in [0.717, 1.165) is 10.9 Å². The predicted octanol–water partition coefficient (Wildman–Crippen LogP) is 3.92. The van der Waals surface area contributed by atoms with Crippen LogP contribution in [-0.2, 0) is 4.79 Å². The van der Waals surface area contributed by atoms with E-state index in [1.807, 2.05) is 24.3 Å². The molecule has 130 valence electrons. The number of aryl methyl sites for hydroxylation is 1. The van der Waals surface area contributed by atoms with Crippen LogP contribution in [0.1, 0.15) is 5.76 Å². The molecule has 7 nitrogen and oxygen atoms in total. The molecule has 3 heterocycles. The smallest absolute Gasteiger partial charge is 0.236 e. The zero-order chi connectivity index (χ0) is 17.9. The van der Waals surface area contributed by atoms with Gasteiger partial charge in [-0.2, -0.15) is 0 Å². The molecule has 8 heteroatoms. The van der Waals surface area contributed by atoms with Crippen molar-refractivity contribution in [2.24, 2.45) is 0 Å². The maximum Gasteiger partial charge on any atom is 0.236 e. The van der Waals surface area contributed by atoms with Crippen molar-refractivity contribution in [2.75, 3.05) is 11.1 Å². The molecule has 0 spiro atoms. The van der Waals surface area contributed by atoms with E-state index in [1.165, 1.54) is 11.8 Å². The summed E-state index contributed by atoms with van der Waals surface area (Å²) in [5.41, 5.74) is 0.795. The Morgan fingerprint density at radius 2 is 2.08 bits per heavy atom. The summed E-state index contributed by atoms with van der Waals surface area (Å²) >= 11 is 1.33. The first kappa shape index (κ1) is 16.3. The Kier molecular flexibility index (Phi) is 4.40. The minimum Gasteiger partial charge on any atom is -0.461 e. The first-order chi connectivity index (χ1) is 12.7. The molecular weight excluding hydrogens is 352 g/mol. The molecule has 1 aromatic carbocycles. The van der Waals surface area contributed by atoms with Crippen molar-refractivity contribution in [3.63, 3.8) is 0 Å². The van der Waals surface area contributed by atoms with Crippen LogP contribution in [0.15, 0.2) is 62.7 Å². The number of amides is 1. The number of para-hydroxylation sites is 1. The van der Waals surface area contributed by atoms with Gasteiger partial charge in [-0.15, -0.1) is 0 Å². The number of nitrogens with zero attached hydrogens (tertiary/aromatic N) is 3. The van der Waals surface area contributed by atoms with Crippen molar-refractivity contribution in [1.82, 2.24) is 15.1 Å². The topological polar surface area (TPSA) is 94.1 Å². The average Bonchev–Trinajstić information content (AvgIpc) is 3.31. The Balaban J connectivity index is 1.57. The largest absolute Gasteiger partial charge is 0.461 e. The maximum atomic E-state index is 12.2. The number of benzene rings is 1. The van der Waals surface area contributed by atoms with E-state index in [2.05, 4.69) is 20.4 Å². The summed E-state index contributed by atoms with van der Waals surface area (Å²) in [6.07, 6.45) is 1.58. The third-order valence-electron chi connectivity index (χ3n) is 3.55. The van der Waals surface area contributed by atoms with Crippen LogP contribution in [-0.4, -0.2) is 26.8 Å². The number of hydrogen-bond donors (Lipinski definition) is 1. The van der Waals surface area contributed by atoms with Crippen LogP contribution < -0.4 is 5.32 Å². The van der Waals surface area contributed by atoms with Crippen molar-refractivity contribution in [3.8, 4) is 11.6 Å². The number of aromatic nitrogens is 3. The van der Waals surface area contributed by atoms with Crippen molar-refractivity contribution in [2.45, 2.75) is 11.9 Å². The lowest BCUT2D eigenvalue weighted by Crippen LogP contribution is -2.14. The number of furan rings is 1. The number of anilines is 1.